The molecule has 0 heterocycles. The van der Waals surface area contributed by atoms with E-state index in [0.717, 1.165) is 0 Å². The third kappa shape index (κ3) is 2.68. The molecule has 1 aromatic rings. The monoisotopic (exact) mass is 210 g/mol. The fraction of sp³-hybridized carbons (Fsp3) is 0.364. The van der Waals surface area contributed by atoms with Crippen LogP contribution in [0.1, 0.15) is 29.8 Å². The Morgan fingerprint density at radius 2 is 2.07 bits per heavy atom. The molecule has 82 valence electrons. The van der Waals surface area contributed by atoms with Crippen molar-refractivity contribution in [3.05, 3.63) is 29.1 Å². The van der Waals surface area contributed by atoms with Crippen molar-refractivity contribution in [1.29, 1.82) is 0 Å². The molecule has 0 radical (unpaired) electrons. The number of carbonyl (C=O) groups excluding carboxylic acids is 1. The van der Waals surface area contributed by atoms with Crippen LogP contribution in [-0.2, 0) is 0 Å². The summed E-state index contributed by atoms with van der Waals surface area (Å²) in [5.74, 6) is -0.944. The van der Waals surface area contributed by atoms with Crippen LogP contribution in [0.3, 0.4) is 0 Å². The Morgan fingerprint density at radius 3 is 2.60 bits per heavy atom. The third-order valence-electron chi connectivity index (χ3n) is 1.94. The van der Waals surface area contributed by atoms with Gasteiger partial charge in [0.15, 0.2) is 0 Å². The summed E-state index contributed by atoms with van der Waals surface area (Å²) in [6.07, 6.45) is 0. The second-order valence-electron chi connectivity index (χ2n) is 3.83. The molecule has 0 fully saturated rings. The molecule has 3 nitrogen and oxygen atoms in total. The summed E-state index contributed by atoms with van der Waals surface area (Å²) >= 11 is 0. The largest absolute Gasteiger partial charge is 0.399 e. The number of hydrogen-bond acceptors (Lipinski definition) is 2. The second kappa shape index (κ2) is 4.29. The molecule has 0 aliphatic heterocycles. The molecule has 0 atom stereocenters. The standard InChI is InChI=1S/C11H15FN2O/c1-6(2)14-11(15)9-5-8(13)4-7(3)10(9)12/h4-6H,13H2,1-3H3,(H,14,15). The van der Waals surface area contributed by atoms with Gasteiger partial charge in [-0.3, -0.25) is 4.79 Å². The molecule has 0 saturated carbocycles. The van der Waals surface area contributed by atoms with E-state index in [0.29, 0.717) is 11.3 Å². The molecular formula is C11H15FN2O. The Hall–Kier alpha value is -1.58. The molecule has 0 aliphatic carbocycles. The van der Waals surface area contributed by atoms with Crippen molar-refractivity contribution in [2.75, 3.05) is 5.73 Å². The molecule has 1 rings (SSSR count). The van der Waals surface area contributed by atoms with Gasteiger partial charge in [-0.1, -0.05) is 0 Å². The Balaban J connectivity index is 3.08. The molecule has 0 aliphatic rings. The van der Waals surface area contributed by atoms with Crippen LogP contribution in [0, 0.1) is 12.7 Å². The van der Waals surface area contributed by atoms with Gasteiger partial charge in [0.05, 0.1) is 5.56 Å². The first-order valence-electron chi connectivity index (χ1n) is 4.78. The quantitative estimate of drug-likeness (QED) is 0.732. The number of nitrogens with two attached hydrogens (primary N) is 1. The lowest BCUT2D eigenvalue weighted by Crippen LogP contribution is -2.31. The second-order valence-corrected chi connectivity index (χ2v) is 3.83. The zero-order valence-electron chi connectivity index (χ0n) is 9.10. The zero-order valence-corrected chi connectivity index (χ0v) is 9.10. The molecular weight excluding hydrogens is 195 g/mol. The van der Waals surface area contributed by atoms with Gasteiger partial charge in [0.25, 0.3) is 5.91 Å². The number of nitrogens with one attached hydrogen (secondary N) is 1. The summed E-state index contributed by atoms with van der Waals surface area (Å²) < 4.78 is 13.6. The summed E-state index contributed by atoms with van der Waals surface area (Å²) in [7, 11) is 0. The van der Waals surface area contributed by atoms with Gasteiger partial charge in [0.1, 0.15) is 5.82 Å². The number of carbonyl (C=O) groups is 1. The molecule has 15 heavy (non-hydrogen) atoms. The molecule has 3 N–H and O–H groups in total. The van der Waals surface area contributed by atoms with Gasteiger partial charge in [-0.05, 0) is 38.5 Å². The fourth-order valence-electron chi connectivity index (χ4n) is 1.30. The lowest BCUT2D eigenvalue weighted by atomic mass is 10.1. The highest BCUT2D eigenvalue weighted by Crippen LogP contribution is 2.17. The van der Waals surface area contributed by atoms with E-state index in [-0.39, 0.29) is 11.6 Å². The number of benzene rings is 1. The highest BCUT2D eigenvalue weighted by atomic mass is 19.1. The molecule has 0 bridgehead atoms. The summed E-state index contributed by atoms with van der Waals surface area (Å²) in [6.45, 7) is 5.21. The van der Waals surface area contributed by atoms with Crippen molar-refractivity contribution < 1.29 is 9.18 Å². The van der Waals surface area contributed by atoms with Crippen LogP contribution in [-0.4, -0.2) is 11.9 Å². The fourth-order valence-corrected chi connectivity index (χ4v) is 1.30. The smallest absolute Gasteiger partial charge is 0.254 e. The van der Waals surface area contributed by atoms with Crippen molar-refractivity contribution in [3.8, 4) is 0 Å². The van der Waals surface area contributed by atoms with Crippen LogP contribution in [0.25, 0.3) is 0 Å². The van der Waals surface area contributed by atoms with E-state index in [1.54, 1.807) is 6.92 Å². The highest BCUT2D eigenvalue weighted by molar-refractivity contribution is 5.95. The minimum absolute atomic E-state index is 0.00111. The Bertz CT molecular complexity index is 388. The van der Waals surface area contributed by atoms with E-state index in [4.69, 9.17) is 5.73 Å². The Labute approximate surface area is 88.5 Å². The van der Waals surface area contributed by atoms with Crippen LogP contribution in [0.2, 0.25) is 0 Å². The summed E-state index contributed by atoms with van der Waals surface area (Å²) in [6, 6.07) is 2.82. The average Bonchev–Trinajstić information content (AvgIpc) is 2.09. The van der Waals surface area contributed by atoms with Gasteiger partial charge < -0.3 is 11.1 Å². The van der Waals surface area contributed by atoms with Crippen LogP contribution in [0.15, 0.2) is 12.1 Å². The normalized spacial score (nSPS) is 10.5. The van der Waals surface area contributed by atoms with Gasteiger partial charge in [0.2, 0.25) is 0 Å². The predicted octanol–water partition coefficient (Wildman–Crippen LogP) is 1.85. The maximum atomic E-state index is 13.6. The molecule has 1 aromatic carbocycles. The Morgan fingerprint density at radius 1 is 1.47 bits per heavy atom. The van der Waals surface area contributed by atoms with Gasteiger partial charge in [-0.25, -0.2) is 4.39 Å². The topological polar surface area (TPSA) is 55.1 Å². The zero-order chi connectivity index (χ0) is 11.6. The van der Waals surface area contributed by atoms with Gasteiger partial charge in [0, 0.05) is 11.7 Å². The Kier molecular flexibility index (Phi) is 3.29. The molecule has 0 aromatic heterocycles. The summed E-state index contributed by atoms with van der Waals surface area (Å²) in [5.41, 5.74) is 6.32. The van der Waals surface area contributed by atoms with E-state index in [1.807, 2.05) is 13.8 Å². The molecule has 1 amide bonds. The number of aryl methyl sites for hydroxylation is 1. The van der Waals surface area contributed by atoms with E-state index >= 15 is 0 Å². The molecule has 0 unspecified atom stereocenters. The average molecular weight is 210 g/mol. The van der Waals surface area contributed by atoms with Crippen molar-refractivity contribution >= 4 is 11.6 Å². The predicted molar refractivity (Wildman–Crippen MR) is 58.2 cm³/mol. The number of anilines is 1. The number of nitrogen functional groups attached to an aromatic ring is 1. The third-order valence-corrected chi connectivity index (χ3v) is 1.94. The molecule has 0 saturated heterocycles. The van der Waals surface area contributed by atoms with E-state index in [9.17, 15) is 9.18 Å². The van der Waals surface area contributed by atoms with Crippen LogP contribution < -0.4 is 11.1 Å². The van der Waals surface area contributed by atoms with Crippen molar-refractivity contribution in [2.24, 2.45) is 0 Å². The number of hydrogen-bond donors (Lipinski definition) is 2. The maximum absolute atomic E-state index is 13.6. The SMILES string of the molecule is Cc1cc(N)cc(C(=O)NC(C)C)c1F. The van der Waals surface area contributed by atoms with E-state index in [2.05, 4.69) is 5.32 Å². The number of rotatable bonds is 2. The van der Waals surface area contributed by atoms with Crippen molar-refractivity contribution in [3.63, 3.8) is 0 Å². The minimum Gasteiger partial charge on any atom is -0.399 e. The number of amides is 1. The first-order valence-corrected chi connectivity index (χ1v) is 4.78. The summed E-state index contributed by atoms with van der Waals surface area (Å²) in [5, 5.41) is 2.62. The van der Waals surface area contributed by atoms with Crippen molar-refractivity contribution in [2.45, 2.75) is 26.8 Å². The van der Waals surface area contributed by atoms with Crippen LogP contribution in [0.4, 0.5) is 10.1 Å². The maximum Gasteiger partial charge on any atom is 0.254 e. The molecule has 4 heteroatoms. The summed E-state index contributed by atoms with van der Waals surface area (Å²) in [4.78, 5) is 11.6. The minimum atomic E-state index is -0.512. The van der Waals surface area contributed by atoms with Crippen LogP contribution >= 0.6 is 0 Å². The van der Waals surface area contributed by atoms with Gasteiger partial charge >= 0.3 is 0 Å². The lowest BCUT2D eigenvalue weighted by Gasteiger charge is -2.10. The van der Waals surface area contributed by atoms with Crippen molar-refractivity contribution in [1.82, 2.24) is 5.32 Å². The number of halogens is 1. The van der Waals surface area contributed by atoms with Gasteiger partial charge in [-0.15, -0.1) is 0 Å². The lowest BCUT2D eigenvalue weighted by molar-refractivity contribution is 0.0939. The van der Waals surface area contributed by atoms with Gasteiger partial charge in [-0.2, -0.15) is 0 Å². The first-order chi connectivity index (χ1) is 6.91. The first kappa shape index (κ1) is 11.5. The highest BCUT2D eigenvalue weighted by Gasteiger charge is 2.14. The molecule has 0 spiro atoms. The van der Waals surface area contributed by atoms with Crippen LogP contribution in [0.5, 0.6) is 0 Å². The van der Waals surface area contributed by atoms with E-state index in [1.165, 1.54) is 12.1 Å². The van der Waals surface area contributed by atoms with E-state index < -0.39 is 11.7 Å².